The van der Waals surface area contributed by atoms with Crippen LogP contribution in [0.4, 0.5) is 11.6 Å². The molecule has 41 heavy (non-hydrogen) atoms. The number of rotatable bonds is 8. The van der Waals surface area contributed by atoms with E-state index in [9.17, 15) is 0 Å². The molecule has 0 saturated heterocycles. The highest BCUT2D eigenvalue weighted by Crippen LogP contribution is 2.34. The fourth-order valence-electron chi connectivity index (χ4n) is 4.59. The van der Waals surface area contributed by atoms with E-state index in [1.54, 1.807) is 48.6 Å². The van der Waals surface area contributed by atoms with Crippen molar-refractivity contribution < 1.29 is 4.84 Å². The highest BCUT2D eigenvalue weighted by atomic mass is 16.7. The molecule has 0 unspecified atom stereocenters. The Bertz CT molecular complexity index is 1800. The normalized spacial score (nSPS) is 17.6. The summed E-state index contributed by atoms with van der Waals surface area (Å²) in [5.41, 5.74) is 8.03. The number of H-pyrrole nitrogens is 1. The first-order chi connectivity index (χ1) is 20.0. The molecule has 5 heterocycles. The van der Waals surface area contributed by atoms with Crippen molar-refractivity contribution in [2.75, 3.05) is 5.48 Å². The van der Waals surface area contributed by atoms with E-state index in [0.717, 1.165) is 0 Å². The van der Waals surface area contributed by atoms with Crippen molar-refractivity contribution in [3.05, 3.63) is 134 Å². The Balaban J connectivity index is 1.85. The van der Waals surface area contributed by atoms with E-state index in [1.165, 1.54) is 0 Å². The Morgan fingerprint density at radius 1 is 0.439 bits per heavy atom. The summed E-state index contributed by atoms with van der Waals surface area (Å²) in [6.07, 6.45) is 13.2. The third-order valence-electron chi connectivity index (χ3n) is 6.52. The number of anilines is 1. The molecule has 5 rings (SSSR count). The average Bonchev–Trinajstić information content (AvgIpc) is 3.70. The maximum absolute atomic E-state index is 5.95. The number of aromatic nitrogens is 1. The predicted molar refractivity (Wildman–Crippen MR) is 172 cm³/mol. The van der Waals surface area contributed by atoms with Gasteiger partial charge in [0.15, 0.2) is 29.2 Å². The second kappa shape index (κ2) is 10.7. The van der Waals surface area contributed by atoms with Crippen LogP contribution in [-0.2, 0) is 4.84 Å². The predicted octanol–water partition coefficient (Wildman–Crippen LogP) is 6.73. The summed E-state index contributed by atoms with van der Waals surface area (Å²) in [5.74, 6) is 2.90. The van der Waals surface area contributed by atoms with Crippen LogP contribution in [0.1, 0.15) is 11.1 Å². The molecule has 9 heteroatoms. The maximum atomic E-state index is 5.95. The first-order valence-electron chi connectivity index (χ1n) is 12.4. The highest BCUT2D eigenvalue weighted by molar-refractivity contribution is 6.32. The molecule has 0 saturated carbocycles. The molecule has 0 atom stereocenters. The van der Waals surface area contributed by atoms with Crippen LogP contribution in [0.5, 0.6) is 0 Å². The smallest absolute Gasteiger partial charge is 0.255 e. The lowest BCUT2D eigenvalue weighted by molar-refractivity contribution is 0.394. The summed E-state index contributed by atoms with van der Waals surface area (Å²) in [4.78, 5) is 37.5. The van der Waals surface area contributed by atoms with Gasteiger partial charge in [-0.05, 0) is 0 Å². The standard InChI is InChI=1S/C32H26N8O/c1-9-17-18(10-2)27-34-25(17)33-26-19(11-3)20(12-4)28(35-26)37-30-23(15-7)24(16-8)32(39-30)41-40-31-22(14-6)21(13-5)29(36-27)38-31/h9-16,38,40H,1-8H2. The first-order valence-corrected chi connectivity index (χ1v) is 12.4. The van der Waals surface area contributed by atoms with Crippen molar-refractivity contribution in [1.29, 1.82) is 0 Å². The molecular formula is C32H26N8O. The number of fused-ring (bicyclic) bond motifs is 5. The van der Waals surface area contributed by atoms with E-state index in [2.05, 4.69) is 68.1 Å². The van der Waals surface area contributed by atoms with Crippen LogP contribution >= 0.6 is 0 Å². The van der Waals surface area contributed by atoms with Crippen LogP contribution in [0.2, 0.25) is 0 Å². The van der Waals surface area contributed by atoms with Crippen molar-refractivity contribution in [3.63, 3.8) is 0 Å². The van der Waals surface area contributed by atoms with Gasteiger partial charge >= 0.3 is 0 Å². The van der Waals surface area contributed by atoms with E-state index in [1.807, 2.05) is 0 Å². The molecule has 8 bridgehead atoms. The van der Waals surface area contributed by atoms with Crippen LogP contribution in [-0.4, -0.2) is 40.1 Å². The zero-order valence-corrected chi connectivity index (χ0v) is 22.4. The fraction of sp³-hybridized carbons (Fsp3) is 0. The lowest BCUT2D eigenvalue weighted by atomic mass is 10.1. The van der Waals surface area contributed by atoms with Gasteiger partial charge in [0, 0.05) is 39.0 Å². The highest BCUT2D eigenvalue weighted by Gasteiger charge is 2.29. The van der Waals surface area contributed by atoms with Crippen molar-refractivity contribution in [2.24, 2.45) is 30.0 Å². The largest absolute Gasteiger partial charge is 0.360 e. The molecule has 2 N–H and O–H groups in total. The number of nitrogens with one attached hydrogen (secondary N) is 2. The number of nitrogens with zero attached hydrogens (tertiary/aromatic N) is 6. The maximum Gasteiger partial charge on any atom is 0.255 e. The minimum atomic E-state index is 0.230. The number of hydrogen-bond acceptors (Lipinski definition) is 8. The molecule has 4 aliphatic heterocycles. The van der Waals surface area contributed by atoms with Gasteiger partial charge in [-0.3, -0.25) is 0 Å². The van der Waals surface area contributed by atoms with Gasteiger partial charge in [-0.2, -0.15) is 4.99 Å². The first kappa shape index (κ1) is 26.6. The van der Waals surface area contributed by atoms with Gasteiger partial charge in [0.2, 0.25) is 0 Å². The number of aliphatic imine (C=N–C) groups is 6. The van der Waals surface area contributed by atoms with E-state index in [-0.39, 0.29) is 5.90 Å². The summed E-state index contributed by atoms with van der Waals surface area (Å²) in [6, 6.07) is 0. The molecule has 4 aliphatic rings. The lowest BCUT2D eigenvalue weighted by Gasteiger charge is -2.08. The summed E-state index contributed by atoms with van der Waals surface area (Å²) in [5, 5.41) is 0. The Morgan fingerprint density at radius 3 is 1.24 bits per heavy atom. The van der Waals surface area contributed by atoms with Crippen LogP contribution in [0.3, 0.4) is 0 Å². The molecule has 0 fully saturated rings. The number of hydrogen-bond donors (Lipinski definition) is 2. The Morgan fingerprint density at radius 2 is 0.829 bits per heavy atom. The van der Waals surface area contributed by atoms with Gasteiger partial charge in [0.05, 0.1) is 5.57 Å². The molecule has 1 aromatic rings. The average molecular weight is 539 g/mol. The molecule has 9 nitrogen and oxygen atoms in total. The fourth-order valence-corrected chi connectivity index (χ4v) is 4.59. The van der Waals surface area contributed by atoms with Crippen molar-refractivity contribution >= 4 is 58.9 Å². The van der Waals surface area contributed by atoms with E-state index in [0.29, 0.717) is 85.4 Å². The minimum Gasteiger partial charge on any atom is -0.360 e. The molecule has 0 spiro atoms. The van der Waals surface area contributed by atoms with Gasteiger partial charge in [-0.25, -0.2) is 30.4 Å². The molecule has 0 amide bonds. The Hall–Kier alpha value is -5.96. The third-order valence-corrected chi connectivity index (χ3v) is 6.52. The van der Waals surface area contributed by atoms with Crippen molar-refractivity contribution in [3.8, 4) is 0 Å². The molecule has 0 radical (unpaired) electrons. The number of aromatic amines is 1. The Kier molecular flexibility index (Phi) is 6.93. The van der Waals surface area contributed by atoms with Crippen LogP contribution in [0, 0.1) is 0 Å². The SMILES string of the molecule is C=CC1=C(C=C)C2=NC1=NC1=NC(=Nc3[nH]c(c(C=C)c3C=C)NOC3=NC(=N2)C(C=C)=C3C=C)C(C=C)=C1C=C. The topological polar surface area (TPSA) is 111 Å². The lowest BCUT2D eigenvalue weighted by Crippen LogP contribution is -2.11. The Labute approximate surface area is 237 Å². The minimum absolute atomic E-state index is 0.230. The zero-order chi connectivity index (χ0) is 29.3. The monoisotopic (exact) mass is 538 g/mol. The summed E-state index contributed by atoms with van der Waals surface area (Å²) in [6.45, 7) is 31.6. The molecule has 0 aliphatic carbocycles. The van der Waals surface area contributed by atoms with E-state index < -0.39 is 0 Å². The molecule has 1 aromatic heterocycles. The van der Waals surface area contributed by atoms with Gasteiger partial charge < -0.3 is 9.82 Å². The molecular weight excluding hydrogens is 512 g/mol. The van der Waals surface area contributed by atoms with Crippen LogP contribution in [0.25, 0.3) is 12.2 Å². The number of amidine groups is 5. The summed E-state index contributed by atoms with van der Waals surface area (Å²) in [7, 11) is 0. The summed E-state index contributed by atoms with van der Waals surface area (Å²) < 4.78 is 0. The van der Waals surface area contributed by atoms with Gasteiger partial charge in [-0.1, -0.05) is 101 Å². The van der Waals surface area contributed by atoms with Gasteiger partial charge in [0.25, 0.3) is 5.90 Å². The third kappa shape index (κ3) is 4.22. The van der Waals surface area contributed by atoms with Crippen LogP contribution in [0.15, 0.2) is 152 Å². The van der Waals surface area contributed by atoms with Gasteiger partial charge in [-0.15, -0.1) is 0 Å². The van der Waals surface area contributed by atoms with Crippen molar-refractivity contribution in [2.45, 2.75) is 0 Å². The van der Waals surface area contributed by atoms with E-state index >= 15 is 0 Å². The summed E-state index contributed by atoms with van der Waals surface area (Å²) >= 11 is 0. The zero-order valence-electron chi connectivity index (χ0n) is 22.4. The second-order valence-electron chi connectivity index (χ2n) is 8.59. The molecule has 200 valence electrons. The quantitative estimate of drug-likeness (QED) is 0.383. The molecule has 0 aromatic carbocycles. The van der Waals surface area contributed by atoms with Crippen LogP contribution < -0.4 is 5.48 Å². The second-order valence-corrected chi connectivity index (χ2v) is 8.59. The van der Waals surface area contributed by atoms with Gasteiger partial charge in [0.1, 0.15) is 11.6 Å². The van der Waals surface area contributed by atoms with Crippen molar-refractivity contribution in [1.82, 2.24) is 4.98 Å². The van der Waals surface area contributed by atoms with E-state index in [4.69, 9.17) is 29.8 Å².